The Morgan fingerprint density at radius 3 is 2.72 bits per heavy atom. The predicted octanol–water partition coefficient (Wildman–Crippen LogP) is 4.89. The number of benzene rings is 2. The van der Waals surface area contributed by atoms with Crippen molar-refractivity contribution >= 4 is 40.3 Å². The second-order valence-electron chi connectivity index (χ2n) is 7.29. The number of nitrogens with one attached hydrogen (secondary N) is 1. The average molecular weight is 408 g/mol. The molecular formula is C23H25N3O2S. The van der Waals surface area contributed by atoms with Gasteiger partial charge in [0.15, 0.2) is 5.17 Å². The van der Waals surface area contributed by atoms with Gasteiger partial charge in [-0.3, -0.25) is 4.79 Å². The van der Waals surface area contributed by atoms with Crippen LogP contribution in [0.15, 0.2) is 52.4 Å². The number of aliphatic imine (C=N–C) groups is 1. The van der Waals surface area contributed by atoms with Gasteiger partial charge in [-0.15, -0.1) is 0 Å². The van der Waals surface area contributed by atoms with Crippen LogP contribution in [0.4, 0.5) is 11.4 Å². The highest BCUT2D eigenvalue weighted by Crippen LogP contribution is 2.33. The fraction of sp³-hybridized carbons (Fsp3) is 0.304. The number of ether oxygens (including phenoxy) is 1. The monoisotopic (exact) mass is 407 g/mol. The summed E-state index contributed by atoms with van der Waals surface area (Å²) >= 11 is 1.35. The van der Waals surface area contributed by atoms with E-state index >= 15 is 0 Å². The van der Waals surface area contributed by atoms with E-state index in [4.69, 9.17) is 4.74 Å². The van der Waals surface area contributed by atoms with Crippen LogP contribution >= 0.6 is 11.8 Å². The number of aryl methyl sites for hydroxylation is 1. The minimum Gasteiger partial charge on any atom is -0.496 e. The second-order valence-corrected chi connectivity index (χ2v) is 8.33. The highest BCUT2D eigenvalue weighted by molar-refractivity contribution is 8.18. The van der Waals surface area contributed by atoms with E-state index in [1.165, 1.54) is 36.7 Å². The van der Waals surface area contributed by atoms with Crippen LogP contribution < -0.4 is 15.0 Å². The lowest BCUT2D eigenvalue weighted by atomic mass is 10.1. The Balaban J connectivity index is 1.56. The van der Waals surface area contributed by atoms with Gasteiger partial charge in [-0.1, -0.05) is 12.1 Å². The van der Waals surface area contributed by atoms with Crippen molar-refractivity contribution in [2.75, 3.05) is 25.1 Å². The molecule has 0 aliphatic carbocycles. The van der Waals surface area contributed by atoms with Crippen LogP contribution in [0.5, 0.6) is 5.75 Å². The Bertz CT molecular complexity index is 978. The highest BCUT2D eigenvalue weighted by atomic mass is 32.2. The number of amides is 1. The fourth-order valence-corrected chi connectivity index (χ4v) is 4.44. The molecule has 4 rings (SSSR count). The van der Waals surface area contributed by atoms with E-state index in [1.54, 1.807) is 7.11 Å². The first-order valence-corrected chi connectivity index (χ1v) is 10.7. The number of thioether (sulfide) groups is 1. The van der Waals surface area contributed by atoms with Crippen molar-refractivity contribution < 1.29 is 9.53 Å². The summed E-state index contributed by atoms with van der Waals surface area (Å²) in [7, 11) is 1.67. The number of methoxy groups -OCH3 is 1. The molecule has 0 aromatic heterocycles. The van der Waals surface area contributed by atoms with Crippen molar-refractivity contribution in [2.24, 2.45) is 4.99 Å². The van der Waals surface area contributed by atoms with E-state index in [9.17, 15) is 4.79 Å². The van der Waals surface area contributed by atoms with Gasteiger partial charge in [-0.25, -0.2) is 4.99 Å². The zero-order valence-electron chi connectivity index (χ0n) is 16.8. The average Bonchev–Trinajstić information content (AvgIpc) is 3.07. The smallest absolute Gasteiger partial charge is 0.264 e. The maximum absolute atomic E-state index is 12.4. The van der Waals surface area contributed by atoms with Crippen molar-refractivity contribution in [1.82, 2.24) is 5.32 Å². The molecule has 2 aromatic rings. The summed E-state index contributed by atoms with van der Waals surface area (Å²) in [5.41, 5.74) is 4.03. The van der Waals surface area contributed by atoms with E-state index in [0.717, 1.165) is 35.7 Å². The molecule has 0 saturated carbocycles. The molecule has 2 fully saturated rings. The Morgan fingerprint density at radius 2 is 1.97 bits per heavy atom. The lowest BCUT2D eigenvalue weighted by Crippen LogP contribution is -2.29. The number of anilines is 1. The molecule has 0 spiro atoms. The van der Waals surface area contributed by atoms with Gasteiger partial charge >= 0.3 is 0 Å². The summed E-state index contributed by atoms with van der Waals surface area (Å²) < 4.78 is 5.62. The molecule has 2 heterocycles. The molecule has 5 nitrogen and oxygen atoms in total. The zero-order chi connectivity index (χ0) is 20.2. The Hall–Kier alpha value is -2.73. The lowest BCUT2D eigenvalue weighted by Gasteiger charge is -2.29. The number of hydrogen-bond acceptors (Lipinski definition) is 5. The Labute approximate surface area is 175 Å². The van der Waals surface area contributed by atoms with Crippen LogP contribution in [-0.2, 0) is 4.79 Å². The van der Waals surface area contributed by atoms with Gasteiger partial charge in [0.2, 0.25) is 0 Å². The van der Waals surface area contributed by atoms with Gasteiger partial charge < -0.3 is 15.0 Å². The quantitative estimate of drug-likeness (QED) is 0.734. The number of rotatable bonds is 4. The summed E-state index contributed by atoms with van der Waals surface area (Å²) in [5.74, 6) is 0.640. The SMILES string of the molecule is COc1cc(N2CCCCC2)ccc1/C=C1\SC(=Nc2cccc(C)c2)NC1=O. The largest absolute Gasteiger partial charge is 0.496 e. The van der Waals surface area contributed by atoms with Crippen molar-refractivity contribution in [3.63, 3.8) is 0 Å². The molecular weight excluding hydrogens is 382 g/mol. The molecule has 0 unspecified atom stereocenters. The molecule has 150 valence electrons. The summed E-state index contributed by atoms with van der Waals surface area (Å²) in [5, 5.41) is 3.44. The predicted molar refractivity (Wildman–Crippen MR) is 121 cm³/mol. The lowest BCUT2D eigenvalue weighted by molar-refractivity contribution is -0.115. The van der Waals surface area contributed by atoms with Crippen LogP contribution in [0.2, 0.25) is 0 Å². The Morgan fingerprint density at radius 1 is 1.14 bits per heavy atom. The van der Waals surface area contributed by atoms with Gasteiger partial charge in [0.1, 0.15) is 5.75 Å². The highest BCUT2D eigenvalue weighted by Gasteiger charge is 2.24. The standard InChI is InChI=1S/C23H25N3O2S/c1-16-7-6-8-18(13-16)24-23-25-22(27)21(29-23)14-17-9-10-19(15-20(17)28-2)26-11-4-3-5-12-26/h6-10,13-15H,3-5,11-12H2,1-2H3,(H,24,25,27)/b21-14-. The van der Waals surface area contributed by atoms with Gasteiger partial charge in [0.05, 0.1) is 17.7 Å². The number of carbonyl (C=O) groups excluding carboxylic acids is 1. The number of nitrogens with zero attached hydrogens (tertiary/aromatic N) is 2. The molecule has 1 amide bonds. The van der Waals surface area contributed by atoms with Crippen LogP contribution in [0.1, 0.15) is 30.4 Å². The summed E-state index contributed by atoms with van der Waals surface area (Å²) in [6.45, 7) is 4.19. The third-order valence-electron chi connectivity index (χ3n) is 5.11. The minimum absolute atomic E-state index is 0.136. The molecule has 0 radical (unpaired) electrons. The molecule has 2 aliphatic heterocycles. The van der Waals surface area contributed by atoms with E-state index in [2.05, 4.69) is 27.3 Å². The van der Waals surface area contributed by atoms with Crippen molar-refractivity contribution in [2.45, 2.75) is 26.2 Å². The van der Waals surface area contributed by atoms with E-state index < -0.39 is 0 Å². The topological polar surface area (TPSA) is 53.9 Å². The molecule has 2 aromatic carbocycles. The van der Waals surface area contributed by atoms with Crippen LogP contribution in [0, 0.1) is 6.92 Å². The summed E-state index contributed by atoms with van der Waals surface area (Å²) in [6, 6.07) is 14.1. The van der Waals surface area contributed by atoms with Crippen LogP contribution in [0.3, 0.4) is 0 Å². The maximum Gasteiger partial charge on any atom is 0.264 e. The first kappa shape index (κ1) is 19.6. The first-order valence-electron chi connectivity index (χ1n) is 9.91. The van der Waals surface area contributed by atoms with E-state index in [-0.39, 0.29) is 5.91 Å². The van der Waals surface area contributed by atoms with Crippen LogP contribution in [0.25, 0.3) is 6.08 Å². The molecule has 2 saturated heterocycles. The third kappa shape index (κ3) is 4.65. The number of carbonyl (C=O) groups is 1. The summed E-state index contributed by atoms with van der Waals surface area (Å²) in [6.07, 6.45) is 5.64. The van der Waals surface area contributed by atoms with Gasteiger partial charge in [-0.05, 0) is 73.9 Å². The number of hydrogen-bond donors (Lipinski definition) is 1. The third-order valence-corrected chi connectivity index (χ3v) is 6.02. The van der Waals surface area contributed by atoms with Crippen molar-refractivity contribution in [1.29, 1.82) is 0 Å². The molecule has 6 heteroatoms. The summed E-state index contributed by atoms with van der Waals surface area (Å²) in [4.78, 5) is 20.0. The number of piperidine rings is 1. The van der Waals surface area contributed by atoms with Crippen molar-refractivity contribution in [3.05, 3.63) is 58.5 Å². The zero-order valence-corrected chi connectivity index (χ0v) is 17.6. The van der Waals surface area contributed by atoms with Gasteiger partial charge in [-0.2, -0.15) is 0 Å². The molecule has 0 bridgehead atoms. The first-order chi connectivity index (χ1) is 14.1. The second kappa shape index (κ2) is 8.74. The minimum atomic E-state index is -0.136. The number of amidine groups is 1. The van der Waals surface area contributed by atoms with Gasteiger partial charge in [0.25, 0.3) is 5.91 Å². The molecule has 29 heavy (non-hydrogen) atoms. The van der Waals surface area contributed by atoms with Crippen LogP contribution in [-0.4, -0.2) is 31.3 Å². The fourth-order valence-electron chi connectivity index (χ4n) is 3.60. The van der Waals surface area contributed by atoms with Crippen molar-refractivity contribution in [3.8, 4) is 5.75 Å². The maximum atomic E-state index is 12.4. The van der Waals surface area contributed by atoms with E-state index in [0.29, 0.717) is 10.1 Å². The normalized spacial score (nSPS) is 19.7. The molecule has 1 N–H and O–H groups in total. The van der Waals surface area contributed by atoms with E-state index in [1.807, 2.05) is 43.3 Å². The molecule has 0 atom stereocenters. The molecule has 2 aliphatic rings. The Kier molecular flexibility index (Phi) is 5.90. The van der Waals surface area contributed by atoms with Gasteiger partial charge in [0, 0.05) is 30.4 Å².